The summed E-state index contributed by atoms with van der Waals surface area (Å²) in [6, 6.07) is 24.7. The number of thioether (sulfide) groups is 1. The minimum absolute atomic E-state index is 0.0954. The molecule has 1 spiro atoms. The molecular weight excluding hydrogens is 404 g/mol. The van der Waals surface area contributed by atoms with E-state index in [4.69, 9.17) is 11.6 Å². The second kappa shape index (κ2) is 6.94. The van der Waals surface area contributed by atoms with E-state index in [0.717, 1.165) is 16.8 Å². The van der Waals surface area contributed by atoms with Crippen molar-refractivity contribution in [2.75, 3.05) is 15.6 Å². The Morgan fingerprint density at radius 1 is 0.931 bits per heavy atom. The Morgan fingerprint density at radius 2 is 1.69 bits per heavy atom. The number of anilines is 2. The maximum atomic E-state index is 13.9. The van der Waals surface area contributed by atoms with E-state index in [0.29, 0.717) is 17.3 Å². The first-order chi connectivity index (χ1) is 14.1. The van der Waals surface area contributed by atoms with Gasteiger partial charge in [-0.15, -0.1) is 11.8 Å². The summed E-state index contributed by atoms with van der Waals surface area (Å²) in [7, 11) is 0. The summed E-state index contributed by atoms with van der Waals surface area (Å²) in [5, 5.41) is 0.530. The van der Waals surface area contributed by atoms with Crippen LogP contribution in [0, 0.1) is 0 Å². The molecule has 1 fully saturated rings. The van der Waals surface area contributed by atoms with Gasteiger partial charge in [-0.2, -0.15) is 0 Å². The van der Waals surface area contributed by atoms with Gasteiger partial charge in [-0.1, -0.05) is 66.2 Å². The summed E-state index contributed by atoms with van der Waals surface area (Å²) in [5.41, 5.74) is 3.36. The zero-order valence-electron chi connectivity index (χ0n) is 15.4. The number of carbonyl (C=O) groups excluding carboxylic acids is 2. The minimum Gasteiger partial charge on any atom is -0.304 e. The summed E-state index contributed by atoms with van der Waals surface area (Å²) in [5.74, 6) is 0.0477. The fraction of sp³-hybridized carbons (Fsp3) is 0.130. The molecule has 1 atom stereocenters. The third-order valence-electron chi connectivity index (χ3n) is 5.31. The van der Waals surface area contributed by atoms with Gasteiger partial charge in [0.05, 0.1) is 18.0 Å². The first-order valence-electron chi connectivity index (χ1n) is 9.29. The van der Waals surface area contributed by atoms with Crippen molar-refractivity contribution in [3.05, 3.63) is 95.0 Å². The van der Waals surface area contributed by atoms with Crippen LogP contribution in [-0.4, -0.2) is 17.6 Å². The van der Waals surface area contributed by atoms with E-state index in [1.807, 2.05) is 60.7 Å². The Bertz CT molecular complexity index is 1120. The van der Waals surface area contributed by atoms with Gasteiger partial charge in [0, 0.05) is 16.3 Å². The molecule has 0 saturated carbocycles. The van der Waals surface area contributed by atoms with Crippen LogP contribution in [0.4, 0.5) is 11.4 Å². The predicted molar refractivity (Wildman–Crippen MR) is 117 cm³/mol. The van der Waals surface area contributed by atoms with Crippen molar-refractivity contribution in [1.29, 1.82) is 0 Å². The quantitative estimate of drug-likeness (QED) is 0.610. The fourth-order valence-electron chi connectivity index (χ4n) is 4.09. The van der Waals surface area contributed by atoms with E-state index >= 15 is 0 Å². The minimum atomic E-state index is -1.10. The molecule has 0 radical (unpaired) electrons. The third-order valence-corrected chi connectivity index (χ3v) is 6.93. The van der Waals surface area contributed by atoms with Crippen LogP contribution in [0.3, 0.4) is 0 Å². The smallest absolute Gasteiger partial charge is 0.269 e. The molecule has 0 aliphatic carbocycles. The van der Waals surface area contributed by atoms with Crippen molar-refractivity contribution in [1.82, 2.24) is 0 Å². The molecule has 0 unspecified atom stereocenters. The largest absolute Gasteiger partial charge is 0.304 e. The van der Waals surface area contributed by atoms with E-state index in [9.17, 15) is 9.59 Å². The molecule has 144 valence electrons. The maximum absolute atomic E-state index is 13.9. The van der Waals surface area contributed by atoms with Crippen molar-refractivity contribution in [3.63, 3.8) is 0 Å². The molecule has 1 saturated heterocycles. The molecule has 3 aromatic carbocycles. The van der Waals surface area contributed by atoms with Crippen molar-refractivity contribution in [2.45, 2.75) is 11.4 Å². The highest BCUT2D eigenvalue weighted by Crippen LogP contribution is 2.56. The Hall–Kier alpha value is -2.76. The van der Waals surface area contributed by atoms with Gasteiger partial charge in [0.1, 0.15) is 0 Å². The van der Waals surface area contributed by atoms with Gasteiger partial charge in [0.2, 0.25) is 10.8 Å². The van der Waals surface area contributed by atoms with Gasteiger partial charge >= 0.3 is 0 Å². The van der Waals surface area contributed by atoms with E-state index < -0.39 is 4.87 Å². The summed E-state index contributed by atoms with van der Waals surface area (Å²) in [6.07, 6.45) is 0. The summed E-state index contributed by atoms with van der Waals surface area (Å²) < 4.78 is 0. The SMILES string of the molecule is O=C1CS[C@@]2(C(=O)N(Cc3ccccc3)c3ccccc32)N1c1cccc(Cl)c1. The van der Waals surface area contributed by atoms with Gasteiger partial charge in [-0.05, 0) is 29.8 Å². The number of benzene rings is 3. The van der Waals surface area contributed by atoms with Crippen molar-refractivity contribution in [2.24, 2.45) is 0 Å². The first-order valence-corrected chi connectivity index (χ1v) is 10.7. The second-order valence-electron chi connectivity index (χ2n) is 7.04. The van der Waals surface area contributed by atoms with E-state index in [1.165, 1.54) is 11.8 Å². The zero-order valence-corrected chi connectivity index (χ0v) is 17.0. The summed E-state index contributed by atoms with van der Waals surface area (Å²) in [4.78, 5) is 29.1. The zero-order chi connectivity index (χ0) is 20.0. The van der Waals surface area contributed by atoms with E-state index in [1.54, 1.807) is 28.0 Å². The molecule has 29 heavy (non-hydrogen) atoms. The van der Waals surface area contributed by atoms with Gasteiger partial charge in [-0.25, -0.2) is 0 Å². The van der Waals surface area contributed by atoms with Gasteiger partial charge in [0.25, 0.3) is 5.91 Å². The number of halogens is 1. The molecule has 0 bridgehead atoms. The lowest BCUT2D eigenvalue weighted by atomic mass is 10.0. The lowest BCUT2D eigenvalue weighted by molar-refractivity contribution is -0.123. The van der Waals surface area contributed by atoms with Crippen LogP contribution in [-0.2, 0) is 21.0 Å². The topological polar surface area (TPSA) is 40.6 Å². The average Bonchev–Trinajstić information content (AvgIpc) is 3.20. The Kier molecular flexibility index (Phi) is 4.37. The molecular formula is C23H17ClN2O2S. The van der Waals surface area contributed by atoms with E-state index in [2.05, 4.69) is 0 Å². The summed E-state index contributed by atoms with van der Waals surface area (Å²) >= 11 is 7.58. The van der Waals surface area contributed by atoms with Crippen LogP contribution >= 0.6 is 23.4 Å². The van der Waals surface area contributed by atoms with Crippen LogP contribution in [0.25, 0.3) is 0 Å². The standard InChI is InChI=1S/C23H17ClN2O2S/c24-17-9-6-10-18(13-17)26-21(27)15-29-23(26)19-11-4-5-12-20(19)25(22(23)28)14-16-7-2-1-3-8-16/h1-13H,14-15H2/t23-/m0/s1. The third kappa shape index (κ3) is 2.76. The monoisotopic (exact) mass is 420 g/mol. The van der Waals surface area contributed by atoms with Crippen LogP contribution < -0.4 is 9.80 Å². The molecule has 3 aromatic rings. The predicted octanol–water partition coefficient (Wildman–Crippen LogP) is 4.82. The molecule has 2 heterocycles. The molecule has 6 heteroatoms. The lowest BCUT2D eigenvalue weighted by Gasteiger charge is -2.33. The first kappa shape index (κ1) is 18.3. The highest BCUT2D eigenvalue weighted by Gasteiger charge is 2.60. The maximum Gasteiger partial charge on any atom is 0.269 e. The van der Waals surface area contributed by atoms with Crippen molar-refractivity contribution >= 4 is 46.6 Å². The highest BCUT2D eigenvalue weighted by molar-refractivity contribution is 8.02. The number of amides is 2. The van der Waals surface area contributed by atoms with Crippen LogP contribution in [0.15, 0.2) is 78.9 Å². The lowest BCUT2D eigenvalue weighted by Crippen LogP contribution is -2.49. The molecule has 4 nitrogen and oxygen atoms in total. The number of hydrogen-bond donors (Lipinski definition) is 0. The summed E-state index contributed by atoms with van der Waals surface area (Å²) in [6.45, 7) is 0.455. The van der Waals surface area contributed by atoms with Gasteiger partial charge in [-0.3, -0.25) is 14.5 Å². The van der Waals surface area contributed by atoms with E-state index in [-0.39, 0.29) is 17.6 Å². The highest BCUT2D eigenvalue weighted by atomic mass is 35.5. The second-order valence-corrected chi connectivity index (χ2v) is 8.64. The van der Waals surface area contributed by atoms with Crippen LogP contribution in [0.1, 0.15) is 11.1 Å². The number of fused-ring (bicyclic) bond motifs is 2. The molecule has 2 aliphatic rings. The van der Waals surface area contributed by atoms with Gasteiger partial charge in [0.15, 0.2) is 0 Å². The Labute approximate surface area is 178 Å². The number of para-hydroxylation sites is 1. The average molecular weight is 421 g/mol. The van der Waals surface area contributed by atoms with Crippen LogP contribution in [0.2, 0.25) is 5.02 Å². The molecule has 2 aliphatic heterocycles. The number of hydrogen-bond acceptors (Lipinski definition) is 3. The number of carbonyl (C=O) groups is 2. The molecule has 5 rings (SSSR count). The Morgan fingerprint density at radius 3 is 2.48 bits per heavy atom. The Balaban J connectivity index is 1.66. The molecule has 0 aromatic heterocycles. The number of rotatable bonds is 3. The normalized spacial score (nSPS) is 20.6. The van der Waals surface area contributed by atoms with Crippen LogP contribution in [0.5, 0.6) is 0 Å². The number of nitrogens with zero attached hydrogens (tertiary/aromatic N) is 2. The van der Waals surface area contributed by atoms with Crippen molar-refractivity contribution in [3.8, 4) is 0 Å². The molecule has 0 N–H and O–H groups in total. The molecule has 2 amide bonds. The van der Waals surface area contributed by atoms with Gasteiger partial charge < -0.3 is 4.90 Å². The van der Waals surface area contributed by atoms with Crippen molar-refractivity contribution < 1.29 is 9.59 Å². The fourth-order valence-corrected chi connectivity index (χ4v) is 5.64.